The topological polar surface area (TPSA) is 86.8 Å². The Labute approximate surface area is 179 Å². The van der Waals surface area contributed by atoms with Crippen LogP contribution in [-0.2, 0) is 19.4 Å². The number of nitrogens with one attached hydrogen (secondary N) is 1. The Balaban J connectivity index is 1.73. The van der Waals surface area contributed by atoms with Gasteiger partial charge in [0.25, 0.3) is 0 Å². The molecule has 2 aliphatic heterocycles. The summed E-state index contributed by atoms with van der Waals surface area (Å²) < 4.78 is 23.8. The van der Waals surface area contributed by atoms with Crippen LogP contribution in [0, 0.1) is 5.92 Å². The molecule has 2 atom stereocenters. The van der Waals surface area contributed by atoms with Crippen molar-refractivity contribution in [1.82, 2.24) is 15.1 Å². The average molecular weight is 436 g/mol. The molecule has 0 bridgehead atoms. The summed E-state index contributed by atoms with van der Waals surface area (Å²) in [5.41, 5.74) is 0.872. The lowest BCUT2D eigenvalue weighted by Gasteiger charge is -2.39. The predicted molar refractivity (Wildman–Crippen MR) is 117 cm³/mol. The molecule has 0 spiro atoms. The number of piperidine rings is 1. The summed E-state index contributed by atoms with van der Waals surface area (Å²) >= 11 is 0. The molecule has 2 unspecified atom stereocenters. The number of nitrogens with zero attached hydrogens (tertiary/aromatic N) is 2. The Morgan fingerprint density at radius 3 is 2.50 bits per heavy atom. The molecule has 2 aliphatic rings. The number of rotatable bonds is 7. The fourth-order valence-electron chi connectivity index (χ4n) is 4.23. The molecule has 2 fully saturated rings. The van der Waals surface area contributed by atoms with E-state index in [9.17, 15) is 18.0 Å². The van der Waals surface area contributed by atoms with Crippen LogP contribution in [0.15, 0.2) is 30.3 Å². The van der Waals surface area contributed by atoms with Gasteiger partial charge in [-0.2, -0.15) is 0 Å². The molecule has 1 aromatic carbocycles. The number of carbonyl (C=O) groups is 2. The number of unbranched alkanes of at least 4 members (excludes halogenated alkanes) is 1. The van der Waals surface area contributed by atoms with E-state index in [4.69, 9.17) is 0 Å². The third kappa shape index (κ3) is 5.82. The molecule has 30 heavy (non-hydrogen) atoms. The Morgan fingerprint density at radius 2 is 1.83 bits per heavy atom. The van der Waals surface area contributed by atoms with Gasteiger partial charge in [0.05, 0.1) is 17.4 Å². The monoisotopic (exact) mass is 435 g/mol. The largest absolute Gasteiger partial charge is 0.356 e. The van der Waals surface area contributed by atoms with Gasteiger partial charge in [0.1, 0.15) is 6.04 Å². The zero-order chi connectivity index (χ0) is 21.6. The number of carbonyl (C=O) groups excluding carboxylic acids is 2. The first-order chi connectivity index (χ1) is 14.4. The molecule has 1 aromatic rings. The van der Waals surface area contributed by atoms with Gasteiger partial charge in [0.2, 0.25) is 11.8 Å². The van der Waals surface area contributed by atoms with E-state index in [1.165, 1.54) is 0 Å². The number of amides is 2. The van der Waals surface area contributed by atoms with Gasteiger partial charge in [-0.1, -0.05) is 43.7 Å². The smallest absolute Gasteiger partial charge is 0.244 e. The van der Waals surface area contributed by atoms with Crippen molar-refractivity contribution >= 4 is 21.7 Å². The quantitative estimate of drug-likeness (QED) is 0.658. The highest BCUT2D eigenvalue weighted by atomic mass is 32.2. The van der Waals surface area contributed by atoms with E-state index in [2.05, 4.69) is 12.2 Å². The number of hydrogen-bond acceptors (Lipinski definition) is 5. The molecule has 1 N–H and O–H groups in total. The minimum Gasteiger partial charge on any atom is -0.356 e. The lowest BCUT2D eigenvalue weighted by Crippen LogP contribution is -2.52. The lowest BCUT2D eigenvalue weighted by atomic mass is 9.95. The first-order valence-electron chi connectivity index (χ1n) is 11.0. The summed E-state index contributed by atoms with van der Waals surface area (Å²) in [6, 6.07) is 9.04. The number of likely N-dealkylation sites (tertiary alicyclic amines) is 1. The number of sulfone groups is 1. The summed E-state index contributed by atoms with van der Waals surface area (Å²) in [6.07, 6.45) is 3.57. The van der Waals surface area contributed by atoms with Crippen molar-refractivity contribution < 1.29 is 18.0 Å². The maximum atomic E-state index is 13.6. The van der Waals surface area contributed by atoms with E-state index in [0.29, 0.717) is 32.7 Å². The van der Waals surface area contributed by atoms with E-state index >= 15 is 0 Å². The molecule has 0 aliphatic carbocycles. The molecule has 2 heterocycles. The molecule has 166 valence electrons. The highest BCUT2D eigenvalue weighted by Gasteiger charge is 2.37. The van der Waals surface area contributed by atoms with Crippen molar-refractivity contribution in [3.63, 3.8) is 0 Å². The summed E-state index contributed by atoms with van der Waals surface area (Å²) in [4.78, 5) is 29.9. The van der Waals surface area contributed by atoms with Crippen LogP contribution in [0.5, 0.6) is 0 Å². The van der Waals surface area contributed by atoms with Gasteiger partial charge >= 0.3 is 0 Å². The van der Waals surface area contributed by atoms with Crippen molar-refractivity contribution in [2.75, 3.05) is 44.2 Å². The molecule has 2 amide bonds. The molecule has 0 radical (unpaired) electrons. The maximum Gasteiger partial charge on any atom is 0.244 e. The van der Waals surface area contributed by atoms with Crippen LogP contribution in [0.2, 0.25) is 0 Å². The zero-order valence-electron chi connectivity index (χ0n) is 17.8. The Morgan fingerprint density at radius 1 is 1.13 bits per heavy atom. The minimum absolute atomic E-state index is 0.0290. The second kappa shape index (κ2) is 10.4. The molecule has 3 rings (SSSR count). The first kappa shape index (κ1) is 22.7. The van der Waals surface area contributed by atoms with Gasteiger partial charge in [-0.15, -0.1) is 0 Å². The van der Waals surface area contributed by atoms with Crippen LogP contribution in [0.4, 0.5) is 0 Å². The van der Waals surface area contributed by atoms with E-state index in [1.54, 1.807) is 4.90 Å². The third-order valence-electron chi connectivity index (χ3n) is 6.03. The van der Waals surface area contributed by atoms with Gasteiger partial charge < -0.3 is 10.2 Å². The van der Waals surface area contributed by atoms with E-state index in [0.717, 1.165) is 31.2 Å². The Kier molecular flexibility index (Phi) is 7.88. The van der Waals surface area contributed by atoms with Crippen molar-refractivity contribution in [2.45, 2.75) is 38.6 Å². The van der Waals surface area contributed by atoms with Gasteiger partial charge in [-0.25, -0.2) is 8.42 Å². The fourth-order valence-corrected chi connectivity index (χ4v) is 5.46. The highest BCUT2D eigenvalue weighted by molar-refractivity contribution is 7.91. The summed E-state index contributed by atoms with van der Waals surface area (Å²) in [6.45, 7) is 4.52. The minimum atomic E-state index is -3.03. The first-order valence-corrected chi connectivity index (χ1v) is 12.8. The number of benzene rings is 1. The fraction of sp³-hybridized carbons (Fsp3) is 0.636. The standard InChI is InChI=1S/C22H33N3O4S/c1-2-3-11-23-21(26)19-10-7-12-25(17-19)22(27)20(18-8-5-4-6-9-18)24-13-15-30(28,29)16-14-24/h4-6,8-9,19-20H,2-3,7,10-17H2,1H3,(H,23,26). The molecule has 7 nitrogen and oxygen atoms in total. The Hall–Kier alpha value is -1.93. The van der Waals surface area contributed by atoms with Crippen LogP contribution < -0.4 is 5.32 Å². The SMILES string of the molecule is CCCCNC(=O)C1CCCN(C(=O)C(c2ccccc2)N2CCS(=O)(=O)CC2)C1. The second-order valence-electron chi connectivity index (χ2n) is 8.27. The van der Waals surface area contributed by atoms with Crippen LogP contribution in [0.1, 0.15) is 44.2 Å². The van der Waals surface area contributed by atoms with Gasteiger partial charge in [-0.3, -0.25) is 14.5 Å². The van der Waals surface area contributed by atoms with Crippen LogP contribution in [0.25, 0.3) is 0 Å². The molecule has 0 aromatic heterocycles. The molecular formula is C22H33N3O4S. The predicted octanol–water partition coefficient (Wildman–Crippen LogP) is 1.61. The summed E-state index contributed by atoms with van der Waals surface area (Å²) in [5, 5.41) is 2.99. The van der Waals surface area contributed by atoms with Crippen LogP contribution in [0.3, 0.4) is 0 Å². The van der Waals surface area contributed by atoms with E-state index in [1.807, 2.05) is 35.2 Å². The van der Waals surface area contributed by atoms with Gasteiger partial charge in [0.15, 0.2) is 9.84 Å². The van der Waals surface area contributed by atoms with Crippen LogP contribution in [-0.4, -0.2) is 74.3 Å². The van der Waals surface area contributed by atoms with Gasteiger partial charge in [0, 0.05) is 32.7 Å². The maximum absolute atomic E-state index is 13.6. The third-order valence-corrected chi connectivity index (χ3v) is 7.64. The normalized spacial score (nSPS) is 23.0. The average Bonchev–Trinajstić information content (AvgIpc) is 2.76. The van der Waals surface area contributed by atoms with E-state index in [-0.39, 0.29) is 29.2 Å². The summed E-state index contributed by atoms with van der Waals surface area (Å²) in [7, 11) is -3.03. The van der Waals surface area contributed by atoms with E-state index < -0.39 is 15.9 Å². The van der Waals surface area contributed by atoms with Crippen molar-refractivity contribution in [3.05, 3.63) is 35.9 Å². The zero-order valence-corrected chi connectivity index (χ0v) is 18.6. The lowest BCUT2D eigenvalue weighted by molar-refractivity contribution is -0.140. The van der Waals surface area contributed by atoms with Crippen molar-refractivity contribution in [1.29, 1.82) is 0 Å². The summed E-state index contributed by atoms with van der Waals surface area (Å²) in [5.74, 6) is -0.0384. The van der Waals surface area contributed by atoms with Crippen molar-refractivity contribution in [2.24, 2.45) is 5.92 Å². The highest BCUT2D eigenvalue weighted by Crippen LogP contribution is 2.28. The Bertz CT molecular complexity index is 814. The number of hydrogen-bond donors (Lipinski definition) is 1. The van der Waals surface area contributed by atoms with Gasteiger partial charge in [-0.05, 0) is 24.8 Å². The van der Waals surface area contributed by atoms with Crippen LogP contribution >= 0.6 is 0 Å². The molecule has 2 saturated heterocycles. The molecule has 8 heteroatoms. The van der Waals surface area contributed by atoms with Crippen molar-refractivity contribution in [3.8, 4) is 0 Å². The second-order valence-corrected chi connectivity index (χ2v) is 10.6. The molecular weight excluding hydrogens is 402 g/mol. The molecule has 0 saturated carbocycles.